The van der Waals surface area contributed by atoms with Crippen LogP contribution in [0.1, 0.15) is 36.3 Å². The molecule has 2 rings (SSSR count). The minimum Gasteiger partial charge on any atom is -0.339 e. The molecule has 1 N–H and O–H groups in total. The van der Waals surface area contributed by atoms with Gasteiger partial charge in [-0.05, 0) is 19.4 Å². The van der Waals surface area contributed by atoms with Crippen molar-refractivity contribution in [1.29, 1.82) is 0 Å². The monoisotopic (exact) mass is 238 g/mol. The van der Waals surface area contributed by atoms with Crippen LogP contribution < -0.4 is 5.32 Å². The minimum atomic E-state index is -0.127. The molecule has 1 fully saturated rings. The number of carbonyl (C=O) groups excluding carboxylic acids is 1. The molecule has 0 aromatic carbocycles. The van der Waals surface area contributed by atoms with Gasteiger partial charge in [-0.25, -0.2) is 0 Å². The van der Waals surface area contributed by atoms with Crippen LogP contribution in [0, 0.1) is 6.92 Å². The quantitative estimate of drug-likeness (QED) is 0.831. The van der Waals surface area contributed by atoms with Crippen LogP contribution in [0.4, 0.5) is 0 Å². The highest BCUT2D eigenvalue weighted by Gasteiger charge is 2.29. The molecule has 0 spiro atoms. The molecule has 1 aromatic heterocycles. The molecule has 1 saturated heterocycles. The van der Waals surface area contributed by atoms with Crippen molar-refractivity contribution >= 4 is 5.91 Å². The molecule has 0 bridgehead atoms. The molecular formula is C11H18N4O2. The molecule has 1 atom stereocenters. The molecule has 94 valence electrons. The Kier molecular flexibility index (Phi) is 3.73. The van der Waals surface area contributed by atoms with Gasteiger partial charge < -0.3 is 14.7 Å². The molecule has 1 unspecified atom stereocenters. The first-order chi connectivity index (χ1) is 8.22. The summed E-state index contributed by atoms with van der Waals surface area (Å²) in [7, 11) is 0. The number of hydrogen-bond acceptors (Lipinski definition) is 5. The van der Waals surface area contributed by atoms with E-state index in [9.17, 15) is 4.79 Å². The van der Waals surface area contributed by atoms with Crippen LogP contribution in [0.5, 0.6) is 0 Å². The van der Waals surface area contributed by atoms with Gasteiger partial charge in [-0.1, -0.05) is 12.1 Å². The number of hydrogen-bond donors (Lipinski definition) is 1. The number of nitrogens with one attached hydrogen (secondary N) is 1. The van der Waals surface area contributed by atoms with Gasteiger partial charge >= 0.3 is 0 Å². The Morgan fingerprint density at radius 3 is 3.00 bits per heavy atom. The van der Waals surface area contributed by atoms with Gasteiger partial charge in [0.1, 0.15) is 0 Å². The van der Waals surface area contributed by atoms with Crippen molar-refractivity contribution < 1.29 is 9.32 Å². The first kappa shape index (κ1) is 12.0. The van der Waals surface area contributed by atoms with E-state index in [-0.39, 0.29) is 17.8 Å². The summed E-state index contributed by atoms with van der Waals surface area (Å²) in [5, 5.41) is 6.96. The van der Waals surface area contributed by atoms with E-state index in [4.69, 9.17) is 4.52 Å². The highest BCUT2D eigenvalue weighted by atomic mass is 16.5. The summed E-state index contributed by atoms with van der Waals surface area (Å²) in [6.45, 7) is 6.29. The Labute approximate surface area is 100 Å². The summed E-state index contributed by atoms with van der Waals surface area (Å²) in [5.41, 5.74) is 0. The van der Waals surface area contributed by atoms with E-state index >= 15 is 0 Å². The number of carbonyl (C=O) groups is 1. The normalized spacial score (nSPS) is 19.5. The van der Waals surface area contributed by atoms with Gasteiger partial charge in [-0.3, -0.25) is 4.79 Å². The Bertz CT molecular complexity index is 385. The molecule has 1 aliphatic rings. The van der Waals surface area contributed by atoms with Crippen LogP contribution in [-0.4, -0.2) is 46.6 Å². The minimum absolute atomic E-state index is 0.127. The number of amides is 1. The van der Waals surface area contributed by atoms with Crippen molar-refractivity contribution in [3.8, 4) is 0 Å². The summed E-state index contributed by atoms with van der Waals surface area (Å²) in [6.07, 6.45) is 1.92. The molecule has 0 saturated carbocycles. The third-order valence-electron chi connectivity index (χ3n) is 2.92. The maximum atomic E-state index is 12.2. The lowest BCUT2D eigenvalue weighted by atomic mass is 10.2. The van der Waals surface area contributed by atoms with E-state index in [2.05, 4.69) is 22.4 Å². The molecule has 1 aliphatic heterocycles. The molecule has 6 heteroatoms. The molecular weight excluding hydrogens is 220 g/mol. The zero-order valence-corrected chi connectivity index (χ0v) is 10.3. The summed E-state index contributed by atoms with van der Waals surface area (Å²) in [4.78, 5) is 18.1. The Morgan fingerprint density at radius 1 is 1.65 bits per heavy atom. The summed E-state index contributed by atoms with van der Waals surface area (Å²) in [5.74, 6) is 0.467. The van der Waals surface area contributed by atoms with E-state index in [0.717, 1.165) is 32.5 Å². The third-order valence-corrected chi connectivity index (χ3v) is 2.92. The average Bonchev–Trinajstić information content (AvgIpc) is 2.95. The highest BCUT2D eigenvalue weighted by Crippen LogP contribution is 2.12. The lowest BCUT2D eigenvalue weighted by molar-refractivity contribution is 0.0676. The van der Waals surface area contributed by atoms with E-state index in [0.29, 0.717) is 5.89 Å². The van der Waals surface area contributed by atoms with Gasteiger partial charge in [0.05, 0.1) is 0 Å². The van der Waals surface area contributed by atoms with E-state index in [1.165, 1.54) is 0 Å². The number of nitrogens with zero attached hydrogens (tertiary/aromatic N) is 3. The zero-order valence-electron chi connectivity index (χ0n) is 10.3. The summed E-state index contributed by atoms with van der Waals surface area (Å²) in [6, 6.07) is 0.251. The fourth-order valence-electron chi connectivity index (χ4n) is 2.11. The molecule has 6 nitrogen and oxygen atoms in total. The fraction of sp³-hybridized carbons (Fsp3) is 0.727. The van der Waals surface area contributed by atoms with Crippen molar-refractivity contribution in [1.82, 2.24) is 20.4 Å². The van der Waals surface area contributed by atoms with Crippen LogP contribution in [-0.2, 0) is 0 Å². The van der Waals surface area contributed by atoms with Crippen molar-refractivity contribution in [2.45, 2.75) is 32.7 Å². The van der Waals surface area contributed by atoms with Crippen molar-refractivity contribution in [3.05, 3.63) is 11.7 Å². The Balaban J connectivity index is 2.12. The fourth-order valence-corrected chi connectivity index (χ4v) is 2.11. The largest absolute Gasteiger partial charge is 0.339 e. The molecule has 1 amide bonds. The third kappa shape index (κ3) is 2.63. The molecule has 17 heavy (non-hydrogen) atoms. The second kappa shape index (κ2) is 5.27. The van der Waals surface area contributed by atoms with Crippen LogP contribution >= 0.6 is 0 Å². The van der Waals surface area contributed by atoms with Crippen LogP contribution in [0.15, 0.2) is 4.52 Å². The second-order valence-electron chi connectivity index (χ2n) is 4.28. The number of aryl methyl sites for hydroxylation is 1. The number of aromatic nitrogens is 2. The lowest BCUT2D eigenvalue weighted by Gasteiger charge is -2.26. The SMILES string of the molecule is CCCN(C(=O)c1noc(C)n1)C1CCNC1. The van der Waals surface area contributed by atoms with Crippen molar-refractivity contribution in [3.63, 3.8) is 0 Å². The molecule has 1 aromatic rings. The van der Waals surface area contributed by atoms with Gasteiger partial charge in [0.2, 0.25) is 5.89 Å². The van der Waals surface area contributed by atoms with Crippen molar-refractivity contribution in [2.24, 2.45) is 0 Å². The van der Waals surface area contributed by atoms with Gasteiger partial charge in [-0.15, -0.1) is 0 Å². The smallest absolute Gasteiger partial charge is 0.295 e. The lowest BCUT2D eigenvalue weighted by Crippen LogP contribution is -2.42. The van der Waals surface area contributed by atoms with E-state index in [1.807, 2.05) is 4.90 Å². The first-order valence-corrected chi connectivity index (χ1v) is 6.04. The molecule has 0 radical (unpaired) electrons. The van der Waals surface area contributed by atoms with Gasteiger partial charge in [0.15, 0.2) is 0 Å². The topological polar surface area (TPSA) is 71.3 Å². The van der Waals surface area contributed by atoms with Crippen LogP contribution in [0.25, 0.3) is 0 Å². The Hall–Kier alpha value is -1.43. The summed E-state index contributed by atoms with van der Waals surface area (Å²) >= 11 is 0. The second-order valence-corrected chi connectivity index (χ2v) is 4.28. The predicted octanol–water partition coefficient (Wildman–Crippen LogP) is 0.592. The zero-order chi connectivity index (χ0) is 12.3. The molecule has 0 aliphatic carbocycles. The highest BCUT2D eigenvalue weighted by molar-refractivity contribution is 5.90. The number of rotatable bonds is 4. The summed E-state index contributed by atoms with van der Waals surface area (Å²) < 4.78 is 4.85. The standard InChI is InChI=1S/C11H18N4O2/c1-3-6-15(9-4-5-12-7-9)11(16)10-13-8(2)17-14-10/h9,12H,3-7H2,1-2H3. The maximum absolute atomic E-state index is 12.2. The van der Waals surface area contributed by atoms with Crippen molar-refractivity contribution in [2.75, 3.05) is 19.6 Å². The maximum Gasteiger partial charge on any atom is 0.295 e. The Morgan fingerprint density at radius 2 is 2.47 bits per heavy atom. The van der Waals surface area contributed by atoms with Crippen LogP contribution in [0.2, 0.25) is 0 Å². The van der Waals surface area contributed by atoms with Crippen LogP contribution in [0.3, 0.4) is 0 Å². The first-order valence-electron chi connectivity index (χ1n) is 6.04. The van der Waals surface area contributed by atoms with E-state index in [1.54, 1.807) is 6.92 Å². The predicted molar refractivity (Wildman–Crippen MR) is 61.6 cm³/mol. The van der Waals surface area contributed by atoms with E-state index < -0.39 is 0 Å². The molecule has 2 heterocycles. The van der Waals surface area contributed by atoms with Gasteiger partial charge in [-0.2, -0.15) is 4.98 Å². The average molecular weight is 238 g/mol. The van der Waals surface area contributed by atoms with Gasteiger partial charge in [0.25, 0.3) is 11.7 Å². The van der Waals surface area contributed by atoms with Gasteiger partial charge in [0, 0.05) is 26.1 Å².